The van der Waals surface area contributed by atoms with Crippen LogP contribution in [0, 0.1) is 6.92 Å². The van der Waals surface area contributed by atoms with Crippen LogP contribution in [-0.2, 0) is 11.3 Å². The number of nitrogens with zero attached hydrogens (tertiary/aromatic N) is 2. The number of aryl methyl sites for hydroxylation is 1. The Morgan fingerprint density at radius 1 is 1.13 bits per heavy atom. The van der Waals surface area contributed by atoms with Crippen molar-refractivity contribution in [2.45, 2.75) is 13.5 Å². The first-order valence-corrected chi connectivity index (χ1v) is 10.6. The van der Waals surface area contributed by atoms with Crippen LogP contribution < -0.4 is 9.64 Å². The van der Waals surface area contributed by atoms with E-state index in [0.29, 0.717) is 21.7 Å². The Labute approximate surface area is 183 Å². The van der Waals surface area contributed by atoms with Crippen molar-refractivity contribution in [3.8, 4) is 17.0 Å². The number of amides is 1. The molecular weight excluding hydrogens is 420 g/mol. The van der Waals surface area contributed by atoms with Gasteiger partial charge in [0.05, 0.1) is 18.5 Å². The van der Waals surface area contributed by atoms with Crippen LogP contribution >= 0.6 is 22.9 Å². The van der Waals surface area contributed by atoms with Crippen LogP contribution in [-0.4, -0.2) is 17.5 Å². The molecule has 0 saturated carbocycles. The smallest absolute Gasteiger partial charge is 0.267 e. The molecule has 152 valence electrons. The van der Waals surface area contributed by atoms with Crippen LogP contribution in [0.2, 0.25) is 5.02 Å². The summed E-state index contributed by atoms with van der Waals surface area (Å²) in [4.78, 5) is 19.3. The molecule has 1 amide bonds. The number of benzene rings is 2. The molecule has 0 unspecified atom stereocenters. The number of carbonyl (C=O) groups is 1. The van der Waals surface area contributed by atoms with Crippen molar-refractivity contribution >= 4 is 34.0 Å². The lowest BCUT2D eigenvalue weighted by atomic mass is 10.1. The predicted molar refractivity (Wildman–Crippen MR) is 119 cm³/mol. The molecule has 2 aromatic heterocycles. The number of thiazole rings is 1. The minimum Gasteiger partial charge on any atom is -0.484 e. The Morgan fingerprint density at radius 3 is 2.60 bits per heavy atom. The highest BCUT2D eigenvalue weighted by Crippen LogP contribution is 2.29. The van der Waals surface area contributed by atoms with E-state index < -0.39 is 0 Å². The molecule has 0 N–H and O–H groups in total. The van der Waals surface area contributed by atoms with E-state index in [1.54, 1.807) is 41.5 Å². The predicted octanol–water partition coefficient (Wildman–Crippen LogP) is 5.98. The number of hydrogen-bond donors (Lipinski definition) is 0. The Balaban J connectivity index is 1.54. The van der Waals surface area contributed by atoms with Gasteiger partial charge in [-0.1, -0.05) is 41.4 Å². The second-order valence-electron chi connectivity index (χ2n) is 6.68. The first kappa shape index (κ1) is 20.2. The Morgan fingerprint density at radius 2 is 1.90 bits per heavy atom. The second kappa shape index (κ2) is 9.15. The number of halogens is 1. The molecule has 0 radical (unpaired) electrons. The molecule has 0 saturated heterocycles. The van der Waals surface area contributed by atoms with Crippen LogP contribution in [0.4, 0.5) is 5.13 Å². The summed E-state index contributed by atoms with van der Waals surface area (Å²) in [7, 11) is 0. The first-order chi connectivity index (χ1) is 14.6. The number of furan rings is 1. The van der Waals surface area contributed by atoms with E-state index in [9.17, 15) is 4.79 Å². The van der Waals surface area contributed by atoms with E-state index in [2.05, 4.69) is 4.98 Å². The van der Waals surface area contributed by atoms with Crippen LogP contribution in [0.25, 0.3) is 11.3 Å². The first-order valence-electron chi connectivity index (χ1n) is 9.32. The van der Waals surface area contributed by atoms with E-state index in [-0.39, 0.29) is 19.1 Å². The van der Waals surface area contributed by atoms with E-state index in [1.165, 1.54) is 16.9 Å². The summed E-state index contributed by atoms with van der Waals surface area (Å²) >= 11 is 7.31. The summed E-state index contributed by atoms with van der Waals surface area (Å²) in [6.45, 7) is 2.19. The quantitative estimate of drug-likeness (QED) is 0.356. The van der Waals surface area contributed by atoms with Crippen molar-refractivity contribution in [3.05, 3.63) is 88.7 Å². The van der Waals surface area contributed by atoms with Gasteiger partial charge in [-0.15, -0.1) is 11.3 Å². The molecule has 0 spiro atoms. The van der Waals surface area contributed by atoms with E-state index in [0.717, 1.165) is 11.3 Å². The van der Waals surface area contributed by atoms with Gasteiger partial charge in [0.15, 0.2) is 11.7 Å². The minimum atomic E-state index is -0.217. The van der Waals surface area contributed by atoms with Gasteiger partial charge in [-0.25, -0.2) is 4.98 Å². The van der Waals surface area contributed by atoms with Crippen molar-refractivity contribution in [3.63, 3.8) is 0 Å². The molecule has 0 atom stereocenters. The van der Waals surface area contributed by atoms with Gasteiger partial charge < -0.3 is 9.15 Å². The maximum absolute atomic E-state index is 13.0. The fourth-order valence-corrected chi connectivity index (χ4v) is 3.80. The molecule has 0 aliphatic carbocycles. The maximum Gasteiger partial charge on any atom is 0.267 e. The van der Waals surface area contributed by atoms with Gasteiger partial charge in [-0.05, 0) is 43.3 Å². The molecule has 5 nitrogen and oxygen atoms in total. The monoisotopic (exact) mass is 438 g/mol. The highest BCUT2D eigenvalue weighted by atomic mass is 35.5. The average molecular weight is 439 g/mol. The van der Waals surface area contributed by atoms with E-state index in [4.69, 9.17) is 20.8 Å². The lowest BCUT2D eigenvalue weighted by Crippen LogP contribution is -2.34. The maximum atomic E-state index is 13.0. The number of anilines is 1. The Bertz CT molecular complexity index is 1110. The van der Waals surface area contributed by atoms with Gasteiger partial charge in [0.25, 0.3) is 5.91 Å². The lowest BCUT2D eigenvalue weighted by molar-refractivity contribution is -0.120. The van der Waals surface area contributed by atoms with Crippen LogP contribution in [0.1, 0.15) is 11.3 Å². The molecule has 2 aromatic carbocycles. The van der Waals surface area contributed by atoms with Crippen molar-refractivity contribution in [1.82, 2.24) is 4.98 Å². The molecule has 30 heavy (non-hydrogen) atoms. The zero-order chi connectivity index (χ0) is 20.9. The molecule has 0 aliphatic heterocycles. The third-order valence-corrected chi connectivity index (χ3v) is 5.56. The lowest BCUT2D eigenvalue weighted by Gasteiger charge is -2.19. The summed E-state index contributed by atoms with van der Waals surface area (Å²) < 4.78 is 11.1. The van der Waals surface area contributed by atoms with Gasteiger partial charge >= 0.3 is 0 Å². The highest BCUT2D eigenvalue weighted by molar-refractivity contribution is 7.14. The number of ether oxygens (including phenoxy) is 1. The zero-order valence-electron chi connectivity index (χ0n) is 16.2. The number of hydrogen-bond acceptors (Lipinski definition) is 5. The number of rotatable bonds is 7. The fourth-order valence-electron chi connectivity index (χ4n) is 2.82. The topological polar surface area (TPSA) is 55.6 Å². The van der Waals surface area contributed by atoms with Gasteiger partial charge in [0.2, 0.25) is 0 Å². The normalized spacial score (nSPS) is 10.7. The molecule has 0 aliphatic rings. The number of carbonyl (C=O) groups excluding carboxylic acids is 1. The molecule has 4 aromatic rings. The molecular formula is C23H19ClN2O3S. The summed E-state index contributed by atoms with van der Waals surface area (Å²) in [5.74, 6) is 1.03. The van der Waals surface area contributed by atoms with Crippen molar-refractivity contribution < 1.29 is 13.9 Å². The highest BCUT2D eigenvalue weighted by Gasteiger charge is 2.22. The third kappa shape index (κ3) is 4.90. The average Bonchev–Trinajstić information content (AvgIpc) is 3.44. The van der Waals surface area contributed by atoms with E-state index >= 15 is 0 Å². The summed E-state index contributed by atoms with van der Waals surface area (Å²) in [6.07, 6.45) is 1.59. The largest absolute Gasteiger partial charge is 0.484 e. The molecule has 7 heteroatoms. The van der Waals surface area contributed by atoms with Crippen LogP contribution in [0.3, 0.4) is 0 Å². The van der Waals surface area contributed by atoms with Crippen molar-refractivity contribution in [2.75, 3.05) is 11.5 Å². The van der Waals surface area contributed by atoms with Gasteiger partial charge in [0.1, 0.15) is 11.5 Å². The van der Waals surface area contributed by atoms with Gasteiger partial charge in [0, 0.05) is 16.0 Å². The van der Waals surface area contributed by atoms with Crippen molar-refractivity contribution in [2.24, 2.45) is 0 Å². The van der Waals surface area contributed by atoms with Crippen LogP contribution in [0.15, 0.2) is 76.7 Å². The Kier molecular flexibility index (Phi) is 6.16. The molecule has 2 heterocycles. The Hall–Kier alpha value is -3.09. The van der Waals surface area contributed by atoms with Gasteiger partial charge in [-0.2, -0.15) is 0 Å². The molecule has 0 fully saturated rings. The second-order valence-corrected chi connectivity index (χ2v) is 7.96. The molecule has 4 rings (SSSR count). The summed E-state index contributed by atoms with van der Waals surface area (Å²) in [6, 6.07) is 18.6. The number of aromatic nitrogens is 1. The fraction of sp³-hybridized carbons (Fsp3) is 0.130. The van der Waals surface area contributed by atoms with Crippen molar-refractivity contribution in [1.29, 1.82) is 0 Å². The molecule has 0 bridgehead atoms. The standard InChI is InChI=1S/C23H19ClN2O3S/c1-16-4-6-17(7-5-16)21-15-30-23(25-21)26(13-20-3-2-12-28-20)22(27)14-29-19-10-8-18(24)9-11-19/h2-12,15H,13-14H2,1H3. The van der Waals surface area contributed by atoms with Gasteiger partial charge in [-0.3, -0.25) is 9.69 Å². The summed E-state index contributed by atoms with van der Waals surface area (Å²) in [5, 5.41) is 3.15. The third-order valence-electron chi connectivity index (χ3n) is 4.44. The zero-order valence-corrected chi connectivity index (χ0v) is 17.8. The van der Waals surface area contributed by atoms with E-state index in [1.807, 2.05) is 42.6 Å². The van der Waals surface area contributed by atoms with Crippen LogP contribution in [0.5, 0.6) is 5.75 Å². The summed E-state index contributed by atoms with van der Waals surface area (Å²) in [5.41, 5.74) is 3.01. The minimum absolute atomic E-state index is 0.123. The SMILES string of the molecule is Cc1ccc(-c2csc(N(Cc3ccco3)C(=O)COc3ccc(Cl)cc3)n2)cc1.